The van der Waals surface area contributed by atoms with Crippen molar-refractivity contribution in [2.45, 2.75) is 52.6 Å². The quantitative estimate of drug-likeness (QED) is 0.879. The lowest BCUT2D eigenvalue weighted by molar-refractivity contribution is 0.129. The lowest BCUT2D eigenvalue weighted by Crippen LogP contribution is -2.42. The van der Waals surface area contributed by atoms with Gasteiger partial charge in [-0.15, -0.1) is 0 Å². The van der Waals surface area contributed by atoms with Crippen LogP contribution in [0, 0.1) is 12.8 Å². The summed E-state index contributed by atoms with van der Waals surface area (Å²) < 4.78 is 0. The summed E-state index contributed by atoms with van der Waals surface area (Å²) in [5.41, 5.74) is 2.91. The summed E-state index contributed by atoms with van der Waals surface area (Å²) in [7, 11) is 0. The molecule has 0 spiro atoms. The molecule has 1 aliphatic heterocycles. The van der Waals surface area contributed by atoms with E-state index in [1.54, 1.807) is 0 Å². The molecule has 1 fully saturated rings. The van der Waals surface area contributed by atoms with Crippen molar-refractivity contribution >= 4 is 0 Å². The van der Waals surface area contributed by atoms with Gasteiger partial charge in [-0.1, -0.05) is 38.1 Å². The molecule has 1 aromatic carbocycles. The largest absolute Gasteiger partial charge is 0.314 e. The normalized spacial score (nSPS) is 22.1. The average Bonchev–Trinajstić information content (AvgIpc) is 2.45. The Morgan fingerprint density at radius 1 is 1.25 bits per heavy atom. The molecule has 0 bridgehead atoms. The van der Waals surface area contributed by atoms with E-state index < -0.39 is 0 Å². The van der Waals surface area contributed by atoms with Gasteiger partial charge in [0.15, 0.2) is 0 Å². The molecule has 2 unspecified atom stereocenters. The number of hydrogen-bond donors (Lipinski definition) is 1. The van der Waals surface area contributed by atoms with Crippen molar-refractivity contribution < 1.29 is 0 Å². The van der Waals surface area contributed by atoms with Crippen molar-refractivity contribution in [2.75, 3.05) is 19.6 Å². The lowest BCUT2D eigenvalue weighted by atomic mass is 9.94. The van der Waals surface area contributed by atoms with Gasteiger partial charge < -0.3 is 5.32 Å². The minimum atomic E-state index is 0.540. The Hall–Kier alpha value is -0.860. The highest BCUT2D eigenvalue weighted by atomic mass is 15.2. The molecule has 1 saturated heterocycles. The molecule has 2 rings (SSSR count). The van der Waals surface area contributed by atoms with Crippen molar-refractivity contribution in [3.8, 4) is 0 Å². The number of nitrogens with one attached hydrogen (secondary N) is 1. The minimum Gasteiger partial charge on any atom is -0.314 e. The Morgan fingerprint density at radius 3 is 2.70 bits per heavy atom. The molecule has 0 radical (unpaired) electrons. The molecule has 112 valence electrons. The van der Waals surface area contributed by atoms with E-state index in [-0.39, 0.29) is 0 Å². The molecule has 20 heavy (non-hydrogen) atoms. The van der Waals surface area contributed by atoms with Crippen LogP contribution in [-0.4, -0.2) is 30.6 Å². The van der Waals surface area contributed by atoms with Crippen LogP contribution in [0.25, 0.3) is 0 Å². The summed E-state index contributed by atoms with van der Waals surface area (Å²) in [5.74, 6) is 0.803. The van der Waals surface area contributed by atoms with Crippen molar-refractivity contribution in [1.29, 1.82) is 0 Å². The third-order valence-electron chi connectivity index (χ3n) is 4.55. The molecule has 0 saturated carbocycles. The molecular formula is C18H30N2. The molecule has 2 heteroatoms. The Morgan fingerprint density at radius 2 is 2.00 bits per heavy atom. The fourth-order valence-corrected chi connectivity index (χ4v) is 3.27. The maximum absolute atomic E-state index is 3.60. The highest BCUT2D eigenvalue weighted by Gasteiger charge is 2.24. The first-order valence-electron chi connectivity index (χ1n) is 8.11. The van der Waals surface area contributed by atoms with E-state index in [0.717, 1.165) is 12.5 Å². The molecular weight excluding hydrogens is 244 g/mol. The van der Waals surface area contributed by atoms with Gasteiger partial charge in [-0.05, 0) is 56.8 Å². The van der Waals surface area contributed by atoms with E-state index in [0.29, 0.717) is 12.1 Å². The first kappa shape index (κ1) is 15.5. The van der Waals surface area contributed by atoms with Gasteiger partial charge in [-0.25, -0.2) is 0 Å². The van der Waals surface area contributed by atoms with Crippen LogP contribution in [-0.2, 0) is 0 Å². The molecule has 0 aliphatic carbocycles. The summed E-state index contributed by atoms with van der Waals surface area (Å²) >= 11 is 0. The van der Waals surface area contributed by atoms with Crippen LogP contribution in [0.2, 0.25) is 0 Å². The van der Waals surface area contributed by atoms with Crippen LogP contribution < -0.4 is 5.32 Å². The minimum absolute atomic E-state index is 0.540. The van der Waals surface area contributed by atoms with Crippen LogP contribution in [0.4, 0.5) is 0 Å². The molecule has 2 nitrogen and oxygen atoms in total. The summed E-state index contributed by atoms with van der Waals surface area (Å²) in [6.45, 7) is 12.7. The fourth-order valence-electron chi connectivity index (χ4n) is 3.27. The highest BCUT2D eigenvalue weighted by molar-refractivity contribution is 5.28. The second-order valence-corrected chi connectivity index (χ2v) is 6.60. The van der Waals surface area contributed by atoms with Crippen molar-refractivity contribution in [1.82, 2.24) is 10.2 Å². The third-order valence-corrected chi connectivity index (χ3v) is 4.55. The molecule has 2 atom stereocenters. The number of hydrogen-bond acceptors (Lipinski definition) is 2. The van der Waals surface area contributed by atoms with Gasteiger partial charge in [-0.2, -0.15) is 0 Å². The van der Waals surface area contributed by atoms with E-state index in [1.165, 1.54) is 37.1 Å². The van der Waals surface area contributed by atoms with Gasteiger partial charge >= 0.3 is 0 Å². The second-order valence-electron chi connectivity index (χ2n) is 6.60. The Bertz CT molecular complexity index is 414. The molecule has 0 aromatic heterocycles. The zero-order valence-corrected chi connectivity index (χ0v) is 13.5. The number of nitrogens with zero attached hydrogens (tertiary/aromatic N) is 1. The highest BCUT2D eigenvalue weighted by Crippen LogP contribution is 2.28. The van der Waals surface area contributed by atoms with Gasteiger partial charge in [0, 0.05) is 18.6 Å². The fraction of sp³-hybridized carbons (Fsp3) is 0.667. The number of rotatable bonds is 5. The van der Waals surface area contributed by atoms with E-state index in [4.69, 9.17) is 0 Å². The van der Waals surface area contributed by atoms with Crippen LogP contribution in [0.5, 0.6) is 0 Å². The van der Waals surface area contributed by atoms with Crippen molar-refractivity contribution in [2.24, 2.45) is 5.92 Å². The van der Waals surface area contributed by atoms with Gasteiger partial charge in [0.25, 0.3) is 0 Å². The zero-order valence-electron chi connectivity index (χ0n) is 13.5. The van der Waals surface area contributed by atoms with Gasteiger partial charge in [0.1, 0.15) is 0 Å². The molecule has 1 aliphatic rings. The van der Waals surface area contributed by atoms with E-state index >= 15 is 0 Å². The van der Waals surface area contributed by atoms with Crippen LogP contribution in [0.3, 0.4) is 0 Å². The zero-order chi connectivity index (χ0) is 14.5. The predicted octanol–water partition coefficient (Wildman–Crippen LogP) is 3.77. The summed E-state index contributed by atoms with van der Waals surface area (Å²) in [5, 5.41) is 3.60. The molecule has 1 aromatic rings. The Kier molecular flexibility index (Phi) is 5.62. The van der Waals surface area contributed by atoms with Crippen LogP contribution in [0.15, 0.2) is 24.3 Å². The van der Waals surface area contributed by atoms with E-state index in [9.17, 15) is 0 Å². The maximum Gasteiger partial charge on any atom is 0.0322 e. The van der Waals surface area contributed by atoms with Crippen molar-refractivity contribution in [3.63, 3.8) is 0 Å². The number of benzene rings is 1. The van der Waals surface area contributed by atoms with Crippen LogP contribution in [0.1, 0.15) is 50.8 Å². The number of piperidine rings is 1. The van der Waals surface area contributed by atoms with Gasteiger partial charge in [0.2, 0.25) is 0 Å². The predicted molar refractivity (Wildman–Crippen MR) is 87.0 cm³/mol. The van der Waals surface area contributed by atoms with Gasteiger partial charge in [0.05, 0.1) is 0 Å². The molecule has 1 N–H and O–H groups in total. The Balaban J connectivity index is 1.96. The smallest absolute Gasteiger partial charge is 0.0322 e. The van der Waals surface area contributed by atoms with E-state index in [2.05, 4.69) is 62.2 Å². The summed E-state index contributed by atoms with van der Waals surface area (Å²) in [6.07, 6.45) is 2.71. The first-order chi connectivity index (χ1) is 9.58. The maximum atomic E-state index is 3.60. The van der Waals surface area contributed by atoms with Crippen LogP contribution >= 0.6 is 0 Å². The topological polar surface area (TPSA) is 15.3 Å². The SMILES string of the molecule is Cc1ccccc1C(C)N1CCCC(CNC(C)C)C1. The van der Waals surface area contributed by atoms with E-state index in [1.807, 2.05) is 0 Å². The second kappa shape index (κ2) is 7.24. The summed E-state index contributed by atoms with van der Waals surface area (Å²) in [4.78, 5) is 2.67. The lowest BCUT2D eigenvalue weighted by Gasteiger charge is -2.38. The average molecular weight is 274 g/mol. The third kappa shape index (κ3) is 4.07. The monoisotopic (exact) mass is 274 g/mol. The van der Waals surface area contributed by atoms with Gasteiger partial charge in [-0.3, -0.25) is 4.90 Å². The standard InChI is InChI=1S/C18H30N2/c1-14(2)19-12-17-9-7-11-20(13-17)16(4)18-10-6-5-8-15(18)3/h5-6,8,10,14,16-17,19H,7,9,11-13H2,1-4H3. The molecule has 0 amide bonds. The first-order valence-corrected chi connectivity index (χ1v) is 8.11. The number of likely N-dealkylation sites (tertiary alicyclic amines) is 1. The number of aryl methyl sites for hydroxylation is 1. The molecule has 1 heterocycles. The van der Waals surface area contributed by atoms with Crippen molar-refractivity contribution in [3.05, 3.63) is 35.4 Å². The summed E-state index contributed by atoms with van der Waals surface area (Å²) in [6, 6.07) is 9.96. The Labute approximate surface area is 124 Å².